The number of oxazole rings is 1. The zero-order valence-electron chi connectivity index (χ0n) is 10.9. The van der Waals surface area contributed by atoms with Crippen molar-refractivity contribution in [3.05, 3.63) is 24.1 Å². The molecular weight excluding hydrogens is 212 g/mol. The molecule has 17 heavy (non-hydrogen) atoms. The van der Waals surface area contributed by atoms with E-state index in [4.69, 9.17) is 4.42 Å². The zero-order valence-corrected chi connectivity index (χ0v) is 10.9. The molecule has 92 valence electrons. The third-order valence-electron chi connectivity index (χ3n) is 3.13. The van der Waals surface area contributed by atoms with Crippen molar-refractivity contribution in [3.63, 3.8) is 0 Å². The Morgan fingerprint density at radius 3 is 2.71 bits per heavy atom. The monoisotopic (exact) mass is 232 g/mol. The van der Waals surface area contributed by atoms with E-state index in [0.717, 1.165) is 29.1 Å². The first-order valence-corrected chi connectivity index (χ1v) is 6.26. The van der Waals surface area contributed by atoms with Crippen molar-refractivity contribution in [2.45, 2.75) is 40.2 Å². The Bertz CT molecular complexity index is 502. The van der Waals surface area contributed by atoms with Crippen LogP contribution in [0.5, 0.6) is 0 Å². The van der Waals surface area contributed by atoms with Gasteiger partial charge in [-0.05, 0) is 31.0 Å². The molecule has 3 heteroatoms. The maximum atomic E-state index is 5.59. The van der Waals surface area contributed by atoms with Gasteiger partial charge in [-0.25, -0.2) is 4.98 Å². The van der Waals surface area contributed by atoms with Crippen LogP contribution in [-0.4, -0.2) is 11.0 Å². The second-order valence-electron chi connectivity index (χ2n) is 4.82. The minimum atomic E-state index is 0.449. The minimum Gasteiger partial charge on any atom is -0.441 e. The molecule has 0 bridgehead atoms. The summed E-state index contributed by atoms with van der Waals surface area (Å²) in [6, 6.07) is 6.53. The van der Waals surface area contributed by atoms with Crippen LogP contribution in [0.3, 0.4) is 0 Å². The van der Waals surface area contributed by atoms with Gasteiger partial charge in [0.15, 0.2) is 11.5 Å². The fourth-order valence-electron chi connectivity index (χ4n) is 1.65. The van der Waals surface area contributed by atoms with E-state index in [0.29, 0.717) is 12.0 Å². The van der Waals surface area contributed by atoms with E-state index < -0.39 is 0 Å². The van der Waals surface area contributed by atoms with Crippen LogP contribution in [-0.2, 0) is 6.42 Å². The molecule has 0 fully saturated rings. The first-order valence-electron chi connectivity index (χ1n) is 6.26. The third kappa shape index (κ3) is 2.60. The molecule has 1 atom stereocenters. The number of hydrogen-bond acceptors (Lipinski definition) is 3. The van der Waals surface area contributed by atoms with Gasteiger partial charge in [0, 0.05) is 18.2 Å². The summed E-state index contributed by atoms with van der Waals surface area (Å²) in [5.74, 6) is 1.41. The first kappa shape index (κ1) is 12.0. The van der Waals surface area contributed by atoms with E-state index in [1.807, 2.05) is 19.1 Å². The summed E-state index contributed by atoms with van der Waals surface area (Å²) in [5, 5.41) is 3.48. The van der Waals surface area contributed by atoms with Crippen molar-refractivity contribution in [1.82, 2.24) is 4.98 Å². The Kier molecular flexibility index (Phi) is 3.36. The second kappa shape index (κ2) is 4.78. The number of nitrogens with one attached hydrogen (secondary N) is 1. The molecule has 2 aromatic rings. The van der Waals surface area contributed by atoms with Gasteiger partial charge in [0.2, 0.25) is 0 Å². The molecule has 0 aliphatic carbocycles. The first-order chi connectivity index (χ1) is 8.10. The average Bonchev–Trinajstić information content (AvgIpc) is 2.70. The molecule has 1 N–H and O–H groups in total. The van der Waals surface area contributed by atoms with E-state index in [9.17, 15) is 0 Å². The van der Waals surface area contributed by atoms with Crippen molar-refractivity contribution in [1.29, 1.82) is 0 Å². The molecular formula is C14H20N2O. The van der Waals surface area contributed by atoms with Crippen LogP contribution >= 0.6 is 0 Å². The van der Waals surface area contributed by atoms with Gasteiger partial charge in [0.1, 0.15) is 5.52 Å². The molecule has 0 aliphatic heterocycles. The number of benzene rings is 1. The lowest BCUT2D eigenvalue weighted by Crippen LogP contribution is -2.21. The Morgan fingerprint density at radius 1 is 1.29 bits per heavy atom. The molecule has 1 aromatic carbocycles. The number of hydrogen-bond donors (Lipinski definition) is 1. The summed E-state index contributed by atoms with van der Waals surface area (Å²) < 4.78 is 5.59. The molecule has 0 radical (unpaired) electrons. The van der Waals surface area contributed by atoms with Crippen molar-refractivity contribution in [3.8, 4) is 0 Å². The minimum absolute atomic E-state index is 0.449. The number of fused-ring (bicyclic) bond motifs is 1. The van der Waals surface area contributed by atoms with Crippen molar-refractivity contribution in [2.24, 2.45) is 5.92 Å². The van der Waals surface area contributed by atoms with Gasteiger partial charge in [-0.3, -0.25) is 0 Å². The van der Waals surface area contributed by atoms with Crippen LogP contribution in [0.15, 0.2) is 22.6 Å². The Labute approximate surface area is 102 Å². The molecule has 2 rings (SSSR count). The summed E-state index contributed by atoms with van der Waals surface area (Å²) >= 11 is 0. The van der Waals surface area contributed by atoms with Crippen LogP contribution < -0.4 is 5.32 Å². The van der Waals surface area contributed by atoms with Crippen LogP contribution in [0, 0.1) is 5.92 Å². The summed E-state index contributed by atoms with van der Waals surface area (Å²) in [7, 11) is 0. The summed E-state index contributed by atoms with van der Waals surface area (Å²) in [4.78, 5) is 4.44. The average molecular weight is 232 g/mol. The maximum Gasteiger partial charge on any atom is 0.195 e. The normalized spacial score (nSPS) is 13.2. The topological polar surface area (TPSA) is 38.1 Å². The summed E-state index contributed by atoms with van der Waals surface area (Å²) in [5.41, 5.74) is 2.90. The largest absolute Gasteiger partial charge is 0.441 e. The lowest BCUT2D eigenvalue weighted by molar-refractivity contribution is 0.538. The lowest BCUT2D eigenvalue weighted by atomic mass is 10.1. The predicted molar refractivity (Wildman–Crippen MR) is 71.3 cm³/mol. The van der Waals surface area contributed by atoms with E-state index >= 15 is 0 Å². The van der Waals surface area contributed by atoms with Gasteiger partial charge < -0.3 is 9.73 Å². The number of anilines is 1. The number of rotatable bonds is 4. The fourth-order valence-corrected chi connectivity index (χ4v) is 1.65. The predicted octanol–water partition coefficient (Wildman–Crippen LogP) is 3.85. The third-order valence-corrected chi connectivity index (χ3v) is 3.13. The second-order valence-corrected chi connectivity index (χ2v) is 4.82. The smallest absolute Gasteiger partial charge is 0.195 e. The highest BCUT2D eigenvalue weighted by molar-refractivity contribution is 5.77. The van der Waals surface area contributed by atoms with Crippen molar-refractivity contribution in [2.75, 3.05) is 5.32 Å². The molecule has 0 amide bonds. The van der Waals surface area contributed by atoms with Crippen LogP contribution in [0.1, 0.15) is 33.6 Å². The van der Waals surface area contributed by atoms with Gasteiger partial charge in [-0.1, -0.05) is 20.8 Å². The summed E-state index contributed by atoms with van der Waals surface area (Å²) in [6.07, 6.45) is 0.833. The SMILES string of the molecule is CCc1nc2cc(NC(C)C(C)C)ccc2o1. The molecule has 0 spiro atoms. The molecule has 0 saturated carbocycles. The number of aryl methyl sites for hydroxylation is 1. The van der Waals surface area contributed by atoms with E-state index in [2.05, 4.69) is 37.1 Å². The Morgan fingerprint density at radius 2 is 2.06 bits per heavy atom. The lowest BCUT2D eigenvalue weighted by Gasteiger charge is -2.18. The van der Waals surface area contributed by atoms with Gasteiger partial charge >= 0.3 is 0 Å². The molecule has 1 heterocycles. The Hall–Kier alpha value is -1.51. The van der Waals surface area contributed by atoms with Crippen LogP contribution in [0.4, 0.5) is 5.69 Å². The molecule has 0 saturated heterocycles. The summed E-state index contributed by atoms with van der Waals surface area (Å²) in [6.45, 7) is 8.66. The van der Waals surface area contributed by atoms with E-state index in [-0.39, 0.29) is 0 Å². The fraction of sp³-hybridized carbons (Fsp3) is 0.500. The van der Waals surface area contributed by atoms with Gasteiger partial charge in [0.25, 0.3) is 0 Å². The van der Waals surface area contributed by atoms with Gasteiger partial charge in [0.05, 0.1) is 0 Å². The van der Waals surface area contributed by atoms with Crippen molar-refractivity contribution >= 4 is 16.8 Å². The van der Waals surface area contributed by atoms with Gasteiger partial charge in [-0.2, -0.15) is 0 Å². The molecule has 3 nitrogen and oxygen atoms in total. The maximum absolute atomic E-state index is 5.59. The quantitative estimate of drug-likeness (QED) is 0.870. The number of nitrogens with zero attached hydrogens (tertiary/aromatic N) is 1. The van der Waals surface area contributed by atoms with E-state index in [1.165, 1.54) is 0 Å². The molecule has 0 aliphatic rings. The van der Waals surface area contributed by atoms with Crippen LogP contribution in [0.25, 0.3) is 11.1 Å². The van der Waals surface area contributed by atoms with E-state index in [1.54, 1.807) is 0 Å². The standard InChI is InChI=1S/C14H20N2O/c1-5-14-16-12-8-11(6-7-13(12)17-14)15-10(4)9(2)3/h6-10,15H,5H2,1-4H3. The van der Waals surface area contributed by atoms with Gasteiger partial charge in [-0.15, -0.1) is 0 Å². The molecule has 1 unspecified atom stereocenters. The number of aromatic nitrogens is 1. The highest BCUT2D eigenvalue weighted by Crippen LogP contribution is 2.21. The highest BCUT2D eigenvalue weighted by atomic mass is 16.3. The van der Waals surface area contributed by atoms with Crippen LogP contribution in [0.2, 0.25) is 0 Å². The zero-order chi connectivity index (χ0) is 12.4. The van der Waals surface area contributed by atoms with Crippen molar-refractivity contribution < 1.29 is 4.42 Å². The molecule has 1 aromatic heterocycles. The highest BCUT2D eigenvalue weighted by Gasteiger charge is 2.09. The Balaban J connectivity index is 2.25.